The minimum atomic E-state index is -0.319. The first kappa shape index (κ1) is 55.8. The second-order valence-electron chi connectivity index (χ2n) is 20.2. The lowest BCUT2D eigenvalue weighted by Crippen LogP contribution is -2.27. The molecule has 59 heavy (non-hydrogen) atoms. The zero-order valence-corrected chi connectivity index (χ0v) is 41.6. The van der Waals surface area contributed by atoms with Gasteiger partial charge in [-0.05, 0) is 41.6 Å². The Morgan fingerprint density at radius 1 is 0.525 bits per heavy atom. The number of rotatable bonds is 40. The van der Waals surface area contributed by atoms with Gasteiger partial charge in [0.05, 0.1) is 12.2 Å². The monoisotopic (exact) mass is 845 g/mol. The lowest BCUT2D eigenvalue weighted by atomic mass is 9.78. The van der Waals surface area contributed by atoms with E-state index < -0.39 is 0 Å². The summed E-state index contributed by atoms with van der Waals surface area (Å²) in [5.74, 6) is 1.81. The van der Waals surface area contributed by atoms with Crippen LogP contribution in [-0.4, -0.2) is 41.9 Å². The SMILES string of the molecule is CCCCCCCCCCCCCCCCCCOCC(CSCCCCCCCCCCCCCCCCCC)OC(=O)c1cc(C(C)(C)C)c(O)c(C(C)(C)C)c1. The molecule has 0 fully saturated rings. The zero-order valence-electron chi connectivity index (χ0n) is 40.8. The van der Waals surface area contributed by atoms with Gasteiger partial charge in [0.25, 0.3) is 0 Å². The van der Waals surface area contributed by atoms with E-state index in [2.05, 4.69) is 55.4 Å². The molecule has 0 aliphatic carbocycles. The molecule has 1 aromatic carbocycles. The van der Waals surface area contributed by atoms with Gasteiger partial charge >= 0.3 is 5.97 Å². The van der Waals surface area contributed by atoms with Crippen molar-refractivity contribution in [1.82, 2.24) is 0 Å². The van der Waals surface area contributed by atoms with Gasteiger partial charge in [0.1, 0.15) is 11.9 Å². The van der Waals surface area contributed by atoms with Gasteiger partial charge in [0, 0.05) is 23.5 Å². The Hall–Kier alpha value is -1.20. The summed E-state index contributed by atoms with van der Waals surface area (Å²) in [6, 6.07) is 3.68. The molecule has 0 heterocycles. The Kier molecular flexibility index (Phi) is 34.3. The fourth-order valence-electron chi connectivity index (χ4n) is 8.17. The summed E-state index contributed by atoms with van der Waals surface area (Å²) in [7, 11) is 0. The van der Waals surface area contributed by atoms with Crippen LogP contribution in [0.3, 0.4) is 0 Å². The van der Waals surface area contributed by atoms with Gasteiger partial charge in [0.15, 0.2) is 0 Å². The highest BCUT2D eigenvalue weighted by atomic mass is 32.2. The van der Waals surface area contributed by atoms with Gasteiger partial charge in [-0.3, -0.25) is 0 Å². The third-order valence-electron chi connectivity index (χ3n) is 12.1. The van der Waals surface area contributed by atoms with E-state index >= 15 is 0 Å². The second kappa shape index (κ2) is 36.3. The fraction of sp³-hybridized carbons (Fsp3) is 0.870. The van der Waals surface area contributed by atoms with E-state index in [0.29, 0.717) is 12.2 Å². The molecule has 1 atom stereocenters. The Morgan fingerprint density at radius 2 is 0.847 bits per heavy atom. The first-order chi connectivity index (χ1) is 28.4. The summed E-state index contributed by atoms with van der Waals surface area (Å²) >= 11 is 1.90. The molecule has 0 aromatic heterocycles. The van der Waals surface area contributed by atoms with Gasteiger partial charge in [-0.1, -0.05) is 248 Å². The quantitative estimate of drug-likeness (QED) is 0.0527. The standard InChI is InChI=1S/C54H100O4S/c1-9-11-13-15-17-19-21-23-25-27-29-31-33-35-37-39-41-57-45-48(58-52(56)47-43-49(53(3,4)5)51(55)50(44-47)54(6,7)8)46-59-42-40-38-36-34-32-30-28-26-24-22-20-18-16-14-12-10-2/h43-44,48,55H,9-42,45-46H2,1-8H3. The van der Waals surface area contributed by atoms with E-state index in [-0.39, 0.29) is 28.7 Å². The lowest BCUT2D eigenvalue weighted by molar-refractivity contribution is 0.00303. The van der Waals surface area contributed by atoms with Crippen molar-refractivity contribution in [1.29, 1.82) is 0 Å². The largest absolute Gasteiger partial charge is 0.507 e. The maximum Gasteiger partial charge on any atom is 0.338 e. The molecule has 1 rings (SSSR count). The summed E-state index contributed by atoms with van der Waals surface area (Å²) in [6.45, 7) is 18.2. The summed E-state index contributed by atoms with van der Waals surface area (Å²) in [4.78, 5) is 13.7. The molecule has 346 valence electrons. The van der Waals surface area contributed by atoms with Crippen LogP contribution in [0, 0.1) is 0 Å². The first-order valence-corrected chi connectivity index (χ1v) is 26.8. The molecule has 1 N–H and O–H groups in total. The average Bonchev–Trinajstić information content (AvgIpc) is 3.18. The van der Waals surface area contributed by atoms with Crippen molar-refractivity contribution in [3.63, 3.8) is 0 Å². The molecule has 4 nitrogen and oxygen atoms in total. The van der Waals surface area contributed by atoms with E-state index in [0.717, 1.165) is 35.7 Å². The van der Waals surface area contributed by atoms with Crippen LogP contribution in [0.15, 0.2) is 12.1 Å². The molecule has 1 aromatic rings. The van der Waals surface area contributed by atoms with Crippen molar-refractivity contribution in [2.75, 3.05) is 24.7 Å². The number of carbonyl (C=O) groups is 1. The number of carbonyl (C=O) groups excluding carboxylic acids is 1. The normalized spacial score (nSPS) is 12.7. The van der Waals surface area contributed by atoms with Gasteiger partial charge in [-0.25, -0.2) is 4.79 Å². The molecule has 0 aliphatic rings. The molecule has 5 heteroatoms. The van der Waals surface area contributed by atoms with E-state index in [9.17, 15) is 9.90 Å². The summed E-state index contributed by atoms with van der Waals surface area (Å²) in [5, 5.41) is 11.2. The molecule has 0 bridgehead atoms. The van der Waals surface area contributed by atoms with Crippen LogP contribution in [-0.2, 0) is 20.3 Å². The molecule has 0 spiro atoms. The number of hydrogen-bond donors (Lipinski definition) is 1. The second-order valence-corrected chi connectivity index (χ2v) is 21.4. The number of benzene rings is 1. The molecule has 0 radical (unpaired) electrons. The molecule has 0 amide bonds. The number of esters is 1. The third-order valence-corrected chi connectivity index (χ3v) is 13.3. The van der Waals surface area contributed by atoms with Crippen LogP contribution in [0.1, 0.15) is 282 Å². The van der Waals surface area contributed by atoms with Crippen molar-refractivity contribution in [2.45, 2.75) is 278 Å². The number of unbranched alkanes of at least 4 members (excludes halogenated alkanes) is 30. The number of ether oxygens (including phenoxy) is 2. The summed E-state index contributed by atoms with van der Waals surface area (Å²) in [5.41, 5.74) is 1.47. The van der Waals surface area contributed by atoms with Crippen molar-refractivity contribution in [3.05, 3.63) is 28.8 Å². The number of phenolic OH excluding ortho intramolecular Hbond substituents is 1. The number of aromatic hydroxyl groups is 1. The number of phenols is 1. The highest BCUT2D eigenvalue weighted by molar-refractivity contribution is 7.99. The van der Waals surface area contributed by atoms with Gasteiger partial charge < -0.3 is 14.6 Å². The average molecular weight is 845 g/mol. The van der Waals surface area contributed by atoms with E-state index in [1.807, 2.05) is 23.9 Å². The van der Waals surface area contributed by atoms with Crippen molar-refractivity contribution in [2.24, 2.45) is 0 Å². The predicted molar refractivity (Wildman–Crippen MR) is 262 cm³/mol. The maximum atomic E-state index is 13.7. The van der Waals surface area contributed by atoms with Gasteiger partial charge in [-0.2, -0.15) is 11.8 Å². The number of thioether (sulfide) groups is 1. The molecule has 0 saturated heterocycles. The van der Waals surface area contributed by atoms with Crippen molar-refractivity contribution >= 4 is 17.7 Å². The van der Waals surface area contributed by atoms with Crippen LogP contribution >= 0.6 is 11.8 Å². The minimum Gasteiger partial charge on any atom is -0.507 e. The third kappa shape index (κ3) is 30.5. The summed E-state index contributed by atoms with van der Waals surface area (Å²) in [6.07, 6.45) is 43.6. The molecule has 0 aliphatic heterocycles. The fourth-order valence-corrected chi connectivity index (χ4v) is 9.17. The van der Waals surface area contributed by atoms with E-state index in [1.54, 1.807) is 0 Å². The van der Waals surface area contributed by atoms with Crippen LogP contribution in [0.5, 0.6) is 5.75 Å². The summed E-state index contributed by atoms with van der Waals surface area (Å²) < 4.78 is 12.4. The van der Waals surface area contributed by atoms with Crippen molar-refractivity contribution < 1.29 is 19.4 Å². The Morgan fingerprint density at radius 3 is 1.19 bits per heavy atom. The van der Waals surface area contributed by atoms with Crippen LogP contribution in [0.25, 0.3) is 0 Å². The van der Waals surface area contributed by atoms with Crippen LogP contribution < -0.4 is 0 Å². The van der Waals surface area contributed by atoms with Crippen LogP contribution in [0.4, 0.5) is 0 Å². The number of hydrogen-bond acceptors (Lipinski definition) is 5. The first-order valence-electron chi connectivity index (χ1n) is 25.7. The minimum absolute atomic E-state index is 0.287. The van der Waals surface area contributed by atoms with Gasteiger partial charge in [0.2, 0.25) is 0 Å². The van der Waals surface area contributed by atoms with E-state index in [1.165, 1.54) is 199 Å². The van der Waals surface area contributed by atoms with E-state index in [4.69, 9.17) is 9.47 Å². The predicted octanol–water partition coefficient (Wildman–Crippen LogP) is 17.8. The zero-order chi connectivity index (χ0) is 43.5. The molecule has 1 unspecified atom stereocenters. The lowest BCUT2D eigenvalue weighted by Gasteiger charge is -2.28. The van der Waals surface area contributed by atoms with Crippen molar-refractivity contribution in [3.8, 4) is 5.75 Å². The molecular formula is C54H100O4S. The van der Waals surface area contributed by atoms with Crippen LogP contribution in [0.2, 0.25) is 0 Å². The smallest absolute Gasteiger partial charge is 0.338 e. The maximum absolute atomic E-state index is 13.7. The Balaban J connectivity index is 2.43. The molecular weight excluding hydrogens is 745 g/mol. The Bertz CT molecular complexity index is 1040. The highest BCUT2D eigenvalue weighted by Gasteiger charge is 2.29. The molecule has 0 saturated carbocycles. The Labute approximate surface area is 372 Å². The van der Waals surface area contributed by atoms with Gasteiger partial charge in [-0.15, -0.1) is 0 Å². The topological polar surface area (TPSA) is 55.8 Å². The highest BCUT2D eigenvalue weighted by Crippen LogP contribution is 2.40.